The van der Waals surface area contributed by atoms with Crippen molar-refractivity contribution in [2.75, 3.05) is 0 Å². The second-order valence-electron chi connectivity index (χ2n) is 10.7. The fourth-order valence-electron chi connectivity index (χ4n) is 4.85. The Labute approximate surface area is 244 Å². The number of benzene rings is 3. The van der Waals surface area contributed by atoms with Crippen molar-refractivity contribution < 1.29 is 34.8 Å². The van der Waals surface area contributed by atoms with Crippen molar-refractivity contribution >= 4 is 22.3 Å². The van der Waals surface area contributed by atoms with Crippen LogP contribution in [0.1, 0.15) is 62.0 Å². The van der Waals surface area contributed by atoms with Crippen LogP contribution in [0.15, 0.2) is 78.7 Å². The molecule has 0 fully saturated rings. The van der Waals surface area contributed by atoms with Crippen LogP contribution in [0.25, 0.3) is 33.2 Å². The summed E-state index contributed by atoms with van der Waals surface area (Å²) in [7, 11) is 0. The normalized spacial score (nSPS) is 12.1. The molecule has 1 aromatic heterocycles. The molecule has 0 saturated heterocycles. The number of ketones is 2. The van der Waals surface area contributed by atoms with E-state index in [0.29, 0.717) is 24.7 Å². The van der Waals surface area contributed by atoms with Crippen LogP contribution < -0.4 is 0 Å². The van der Waals surface area contributed by atoms with Crippen molar-refractivity contribution in [3.8, 4) is 22.4 Å². The summed E-state index contributed by atoms with van der Waals surface area (Å²) in [6.07, 6.45) is 4.26. The first-order chi connectivity index (χ1) is 18.2. The van der Waals surface area contributed by atoms with Crippen LogP contribution in [0.2, 0.25) is 0 Å². The van der Waals surface area contributed by atoms with E-state index in [9.17, 15) is 14.7 Å². The quantitative estimate of drug-likeness (QED) is 0.110. The molecule has 5 heteroatoms. The Morgan fingerprint density at radius 2 is 1.69 bits per heavy atom. The van der Waals surface area contributed by atoms with Crippen LogP contribution in [0.5, 0.6) is 0 Å². The van der Waals surface area contributed by atoms with Crippen molar-refractivity contribution in [1.29, 1.82) is 0 Å². The van der Waals surface area contributed by atoms with Gasteiger partial charge >= 0.3 is 0 Å². The number of pyridine rings is 1. The number of carbonyl (C=O) groups is 2. The van der Waals surface area contributed by atoms with Crippen LogP contribution in [-0.4, -0.2) is 21.7 Å². The Hall–Kier alpha value is -3.40. The first kappa shape index (κ1) is 30.1. The van der Waals surface area contributed by atoms with Gasteiger partial charge in [0.05, 0.1) is 5.76 Å². The molecule has 1 aliphatic carbocycles. The fourth-order valence-corrected chi connectivity index (χ4v) is 4.85. The molecule has 1 radical (unpaired) electrons. The van der Waals surface area contributed by atoms with Gasteiger partial charge in [-0.25, -0.2) is 0 Å². The molecule has 1 N–H and O–H groups in total. The standard InChI is InChI=1S/C23H14NO.C11H20O2.Ir/c1-14-6-5-9-17-21(14)19-13-18-16(12-20(19)23(17)25)10-11-24-22(18)15-7-3-2-4-8-15;1-8(2)5-10(12)7-11(13)6-9(3)4;/h2-7,9-13H,1H3;7-9,12H,5-6H2,1-4H3;/q-1;;/b;10-7-;. The Balaban J connectivity index is 0.000000260. The van der Waals surface area contributed by atoms with Gasteiger partial charge in [-0.3, -0.25) is 9.59 Å². The molecule has 203 valence electrons. The molecule has 39 heavy (non-hydrogen) atoms. The zero-order valence-electron chi connectivity index (χ0n) is 23.0. The van der Waals surface area contributed by atoms with E-state index >= 15 is 0 Å². The summed E-state index contributed by atoms with van der Waals surface area (Å²) >= 11 is 0. The molecule has 0 aliphatic heterocycles. The van der Waals surface area contributed by atoms with Gasteiger partial charge in [0.25, 0.3) is 0 Å². The minimum absolute atomic E-state index is 0. The van der Waals surface area contributed by atoms with E-state index in [1.54, 1.807) is 6.20 Å². The summed E-state index contributed by atoms with van der Waals surface area (Å²) in [5, 5.41) is 11.4. The number of fused-ring (bicyclic) bond motifs is 4. The number of aliphatic hydroxyl groups is 1. The zero-order chi connectivity index (χ0) is 27.4. The number of aryl methyl sites for hydroxylation is 1. The van der Waals surface area contributed by atoms with Crippen molar-refractivity contribution in [3.05, 3.63) is 101 Å². The molecular weight excluding hydrogens is 663 g/mol. The van der Waals surface area contributed by atoms with Crippen LogP contribution >= 0.6 is 0 Å². The van der Waals surface area contributed by atoms with Crippen LogP contribution in [0.3, 0.4) is 0 Å². The van der Waals surface area contributed by atoms with E-state index in [-0.39, 0.29) is 37.4 Å². The largest absolute Gasteiger partial charge is 0.512 e. The van der Waals surface area contributed by atoms with Gasteiger partial charge in [-0.2, -0.15) is 0 Å². The maximum Gasteiger partial charge on any atom is 0.194 e. The molecule has 1 aliphatic rings. The third-order valence-corrected chi connectivity index (χ3v) is 6.45. The Bertz CT molecular complexity index is 1520. The van der Waals surface area contributed by atoms with E-state index in [1.165, 1.54) is 6.08 Å². The maximum atomic E-state index is 12.8. The number of aliphatic hydroxyl groups excluding tert-OH is 1. The average Bonchev–Trinajstić information content (AvgIpc) is 3.14. The predicted octanol–water partition coefficient (Wildman–Crippen LogP) is 8.31. The molecule has 0 spiro atoms. The van der Waals surface area contributed by atoms with Crippen molar-refractivity contribution in [3.63, 3.8) is 0 Å². The van der Waals surface area contributed by atoms with Gasteiger partial charge in [0.2, 0.25) is 0 Å². The summed E-state index contributed by atoms with van der Waals surface area (Å²) in [5.74, 6) is 1.09. The molecule has 0 saturated carbocycles. The maximum absolute atomic E-state index is 12.8. The summed E-state index contributed by atoms with van der Waals surface area (Å²) in [6, 6.07) is 23.1. The van der Waals surface area contributed by atoms with Gasteiger partial charge in [0, 0.05) is 56.3 Å². The second-order valence-corrected chi connectivity index (χ2v) is 10.7. The summed E-state index contributed by atoms with van der Waals surface area (Å²) in [5.41, 5.74) is 6.63. The minimum atomic E-state index is 0. The van der Waals surface area contributed by atoms with Crippen LogP contribution in [-0.2, 0) is 24.9 Å². The van der Waals surface area contributed by atoms with E-state index in [0.717, 1.165) is 49.8 Å². The smallest absolute Gasteiger partial charge is 0.194 e. The number of carbonyl (C=O) groups excluding carboxylic acids is 2. The van der Waals surface area contributed by atoms with E-state index in [1.807, 2.05) is 76.2 Å². The van der Waals surface area contributed by atoms with E-state index in [4.69, 9.17) is 0 Å². The molecule has 5 rings (SSSR count). The molecule has 0 bridgehead atoms. The molecular formula is C34H34IrNO3-. The zero-order valence-corrected chi connectivity index (χ0v) is 25.4. The molecule has 1 heterocycles. The Kier molecular flexibility index (Phi) is 10.1. The number of hydrogen-bond acceptors (Lipinski definition) is 4. The Morgan fingerprint density at radius 1 is 0.949 bits per heavy atom. The number of aromatic nitrogens is 1. The molecule has 4 nitrogen and oxygen atoms in total. The van der Waals surface area contributed by atoms with E-state index in [2.05, 4.69) is 30.1 Å². The first-order valence-corrected chi connectivity index (χ1v) is 13.1. The molecule has 0 amide bonds. The molecule has 4 aromatic rings. The van der Waals surface area contributed by atoms with Crippen LogP contribution in [0.4, 0.5) is 0 Å². The number of hydrogen-bond donors (Lipinski definition) is 1. The summed E-state index contributed by atoms with van der Waals surface area (Å²) < 4.78 is 0. The number of allylic oxidation sites excluding steroid dienone is 2. The monoisotopic (exact) mass is 697 g/mol. The van der Waals surface area contributed by atoms with Gasteiger partial charge in [0.1, 0.15) is 0 Å². The fraction of sp³-hybridized carbons (Fsp3) is 0.265. The summed E-state index contributed by atoms with van der Waals surface area (Å²) in [4.78, 5) is 28.6. The SMILES string of the molecule is CC(C)CC(=O)/C=C(\O)CC(C)C.Cc1cccc2c1-c1cc3c(-c4[c-]cccc4)nccc3cc1C2=O.[Ir]. The second kappa shape index (κ2) is 13.1. The van der Waals surface area contributed by atoms with Gasteiger partial charge in [0.15, 0.2) is 11.6 Å². The van der Waals surface area contributed by atoms with Gasteiger partial charge in [-0.1, -0.05) is 52.0 Å². The third kappa shape index (κ3) is 6.98. The first-order valence-electron chi connectivity index (χ1n) is 13.1. The third-order valence-electron chi connectivity index (χ3n) is 6.45. The topological polar surface area (TPSA) is 67.3 Å². The molecule has 0 atom stereocenters. The van der Waals surface area contributed by atoms with Crippen molar-refractivity contribution in [2.45, 2.75) is 47.5 Å². The van der Waals surface area contributed by atoms with Gasteiger partial charge in [-0.15, -0.1) is 35.9 Å². The predicted molar refractivity (Wildman–Crippen MR) is 154 cm³/mol. The van der Waals surface area contributed by atoms with Gasteiger partial charge < -0.3 is 10.1 Å². The Morgan fingerprint density at radius 3 is 2.36 bits per heavy atom. The molecule has 0 unspecified atom stereocenters. The number of rotatable bonds is 6. The van der Waals surface area contributed by atoms with E-state index < -0.39 is 0 Å². The summed E-state index contributed by atoms with van der Waals surface area (Å²) in [6.45, 7) is 10.1. The van der Waals surface area contributed by atoms with Gasteiger partial charge in [-0.05, 0) is 64.0 Å². The van der Waals surface area contributed by atoms with Crippen molar-refractivity contribution in [2.24, 2.45) is 11.8 Å². The minimum Gasteiger partial charge on any atom is -0.512 e. The molecule has 3 aromatic carbocycles. The average molecular weight is 697 g/mol. The number of nitrogens with zero attached hydrogens (tertiary/aromatic N) is 1. The van der Waals surface area contributed by atoms with Crippen molar-refractivity contribution in [1.82, 2.24) is 4.98 Å². The van der Waals surface area contributed by atoms with Crippen LogP contribution in [0, 0.1) is 24.8 Å².